The van der Waals surface area contributed by atoms with Gasteiger partial charge < -0.3 is 15.0 Å². The fourth-order valence-electron chi connectivity index (χ4n) is 1.70. The van der Waals surface area contributed by atoms with Crippen molar-refractivity contribution in [1.29, 1.82) is 0 Å². The van der Waals surface area contributed by atoms with E-state index >= 15 is 0 Å². The van der Waals surface area contributed by atoms with E-state index in [0.717, 1.165) is 18.0 Å². The van der Waals surface area contributed by atoms with E-state index in [-0.39, 0.29) is 5.91 Å². The molecule has 0 saturated carbocycles. The van der Waals surface area contributed by atoms with Gasteiger partial charge in [-0.15, -0.1) is 0 Å². The number of methoxy groups -OCH3 is 1. The van der Waals surface area contributed by atoms with Gasteiger partial charge in [-0.1, -0.05) is 0 Å². The van der Waals surface area contributed by atoms with Crippen LogP contribution in [0.15, 0.2) is 18.2 Å². The second-order valence-corrected chi connectivity index (χ2v) is 3.56. The summed E-state index contributed by atoms with van der Waals surface area (Å²) in [6.45, 7) is 1.48. The summed E-state index contributed by atoms with van der Waals surface area (Å²) < 4.78 is 5.15. The first-order valence-corrected chi connectivity index (χ1v) is 4.90. The maximum absolute atomic E-state index is 11.7. The van der Waals surface area contributed by atoms with Gasteiger partial charge in [-0.3, -0.25) is 4.79 Å². The van der Waals surface area contributed by atoms with Gasteiger partial charge in [0, 0.05) is 26.2 Å². The van der Waals surface area contributed by atoms with Crippen molar-refractivity contribution < 1.29 is 9.53 Å². The number of hydrogen-bond acceptors (Lipinski definition) is 3. The van der Waals surface area contributed by atoms with Gasteiger partial charge in [0.15, 0.2) is 0 Å². The number of likely N-dealkylation sites (N-methyl/N-ethyl adjacent to an activating group) is 1. The summed E-state index contributed by atoms with van der Waals surface area (Å²) in [5.74, 6) is 0.757. The van der Waals surface area contributed by atoms with Crippen LogP contribution in [0.25, 0.3) is 0 Å². The molecular formula is C11H14N2O2. The van der Waals surface area contributed by atoms with E-state index in [4.69, 9.17) is 4.74 Å². The van der Waals surface area contributed by atoms with Crippen LogP contribution in [-0.2, 0) is 0 Å². The Kier molecular flexibility index (Phi) is 2.49. The summed E-state index contributed by atoms with van der Waals surface area (Å²) in [5.41, 5.74) is 1.63. The van der Waals surface area contributed by atoms with E-state index < -0.39 is 0 Å². The minimum atomic E-state index is -0.0167. The molecule has 0 saturated heterocycles. The predicted molar refractivity (Wildman–Crippen MR) is 58.6 cm³/mol. The van der Waals surface area contributed by atoms with Crippen molar-refractivity contribution in [3.63, 3.8) is 0 Å². The minimum Gasteiger partial charge on any atom is -0.497 e. The first-order chi connectivity index (χ1) is 7.22. The highest BCUT2D eigenvalue weighted by Crippen LogP contribution is 2.26. The van der Waals surface area contributed by atoms with Crippen LogP contribution >= 0.6 is 0 Å². The SMILES string of the molecule is COc1ccc2c(c1)N(C)CCNC2=O. The molecule has 0 aromatic heterocycles. The number of amides is 1. The second-order valence-electron chi connectivity index (χ2n) is 3.56. The Morgan fingerprint density at radius 3 is 3.00 bits per heavy atom. The smallest absolute Gasteiger partial charge is 0.253 e. The number of nitrogens with zero attached hydrogens (tertiary/aromatic N) is 1. The minimum absolute atomic E-state index is 0.0167. The van der Waals surface area contributed by atoms with Crippen LogP contribution < -0.4 is 15.0 Å². The first-order valence-electron chi connectivity index (χ1n) is 4.90. The van der Waals surface area contributed by atoms with Gasteiger partial charge in [0.1, 0.15) is 5.75 Å². The number of benzene rings is 1. The topological polar surface area (TPSA) is 41.6 Å². The van der Waals surface area contributed by atoms with E-state index in [2.05, 4.69) is 10.2 Å². The normalized spacial score (nSPS) is 15.3. The first kappa shape index (κ1) is 9.83. The third-order valence-electron chi connectivity index (χ3n) is 2.59. The molecule has 0 aliphatic carbocycles. The van der Waals surface area contributed by atoms with Crippen molar-refractivity contribution in [2.75, 3.05) is 32.1 Å². The molecular weight excluding hydrogens is 192 g/mol. The third-order valence-corrected chi connectivity index (χ3v) is 2.59. The molecule has 1 N–H and O–H groups in total. The zero-order chi connectivity index (χ0) is 10.8. The van der Waals surface area contributed by atoms with Gasteiger partial charge in [-0.2, -0.15) is 0 Å². The molecule has 1 aromatic rings. The number of carbonyl (C=O) groups is 1. The van der Waals surface area contributed by atoms with Crippen LogP contribution in [0.1, 0.15) is 10.4 Å². The number of carbonyl (C=O) groups excluding carboxylic acids is 1. The number of rotatable bonds is 1. The molecule has 1 heterocycles. The Labute approximate surface area is 88.8 Å². The van der Waals surface area contributed by atoms with Crippen LogP contribution in [0.4, 0.5) is 5.69 Å². The van der Waals surface area contributed by atoms with Crippen molar-refractivity contribution in [2.24, 2.45) is 0 Å². The molecule has 0 bridgehead atoms. The summed E-state index contributed by atoms with van der Waals surface area (Å²) in [6.07, 6.45) is 0. The van der Waals surface area contributed by atoms with Gasteiger partial charge >= 0.3 is 0 Å². The quantitative estimate of drug-likeness (QED) is 0.741. The van der Waals surface area contributed by atoms with Gasteiger partial charge in [-0.05, 0) is 12.1 Å². The summed E-state index contributed by atoms with van der Waals surface area (Å²) in [6, 6.07) is 5.49. The van der Waals surface area contributed by atoms with Crippen LogP contribution in [0, 0.1) is 0 Å². The van der Waals surface area contributed by atoms with E-state index in [0.29, 0.717) is 12.1 Å². The maximum Gasteiger partial charge on any atom is 0.253 e. The van der Waals surface area contributed by atoms with Gasteiger partial charge in [0.2, 0.25) is 0 Å². The lowest BCUT2D eigenvalue weighted by Crippen LogP contribution is -2.27. The van der Waals surface area contributed by atoms with Crippen molar-refractivity contribution in [3.05, 3.63) is 23.8 Å². The Morgan fingerprint density at radius 1 is 1.47 bits per heavy atom. The van der Waals surface area contributed by atoms with Crippen LogP contribution in [0.5, 0.6) is 5.75 Å². The van der Waals surface area contributed by atoms with Gasteiger partial charge in [0.05, 0.1) is 18.4 Å². The van der Waals surface area contributed by atoms with Crippen LogP contribution in [0.2, 0.25) is 0 Å². The molecule has 1 amide bonds. The molecule has 15 heavy (non-hydrogen) atoms. The van der Waals surface area contributed by atoms with E-state index in [1.807, 2.05) is 13.1 Å². The Bertz CT molecular complexity index is 390. The molecule has 0 fully saturated rings. The summed E-state index contributed by atoms with van der Waals surface area (Å²) in [5, 5.41) is 2.85. The highest BCUT2D eigenvalue weighted by Gasteiger charge is 2.18. The van der Waals surface area contributed by atoms with Gasteiger partial charge in [-0.25, -0.2) is 0 Å². The van der Waals surface area contributed by atoms with Crippen molar-refractivity contribution in [1.82, 2.24) is 5.32 Å². The number of anilines is 1. The third kappa shape index (κ3) is 1.75. The lowest BCUT2D eigenvalue weighted by Gasteiger charge is -2.18. The van der Waals surface area contributed by atoms with Gasteiger partial charge in [0.25, 0.3) is 5.91 Å². The Hall–Kier alpha value is -1.71. The molecule has 0 radical (unpaired) electrons. The van der Waals surface area contributed by atoms with Crippen molar-refractivity contribution in [3.8, 4) is 5.75 Å². The molecule has 4 heteroatoms. The monoisotopic (exact) mass is 206 g/mol. The summed E-state index contributed by atoms with van der Waals surface area (Å²) in [4.78, 5) is 13.7. The zero-order valence-corrected chi connectivity index (χ0v) is 8.91. The molecule has 1 aromatic carbocycles. The standard InChI is InChI=1S/C11H14N2O2/c1-13-6-5-12-11(14)9-4-3-8(15-2)7-10(9)13/h3-4,7H,5-6H2,1-2H3,(H,12,14). The van der Waals surface area contributed by atoms with E-state index in [1.165, 1.54) is 0 Å². The molecule has 1 aliphatic rings. The summed E-state index contributed by atoms with van der Waals surface area (Å²) in [7, 11) is 3.59. The molecule has 80 valence electrons. The fourth-order valence-corrected chi connectivity index (χ4v) is 1.70. The lowest BCUT2D eigenvalue weighted by molar-refractivity contribution is 0.0958. The maximum atomic E-state index is 11.7. The second kappa shape index (κ2) is 3.81. The van der Waals surface area contributed by atoms with E-state index in [1.54, 1.807) is 19.2 Å². The van der Waals surface area contributed by atoms with Crippen molar-refractivity contribution in [2.45, 2.75) is 0 Å². The van der Waals surface area contributed by atoms with Crippen LogP contribution in [-0.4, -0.2) is 33.2 Å². The van der Waals surface area contributed by atoms with E-state index in [9.17, 15) is 4.79 Å². The number of hydrogen-bond donors (Lipinski definition) is 1. The van der Waals surface area contributed by atoms with Crippen LogP contribution in [0.3, 0.4) is 0 Å². The van der Waals surface area contributed by atoms with Crippen molar-refractivity contribution >= 4 is 11.6 Å². The Morgan fingerprint density at radius 2 is 2.27 bits per heavy atom. The number of ether oxygens (including phenoxy) is 1. The lowest BCUT2D eigenvalue weighted by atomic mass is 10.1. The Balaban J connectivity index is 2.50. The summed E-state index contributed by atoms with van der Waals surface area (Å²) >= 11 is 0. The highest BCUT2D eigenvalue weighted by molar-refractivity contribution is 6.00. The molecule has 4 nitrogen and oxygen atoms in total. The predicted octanol–water partition coefficient (Wildman–Crippen LogP) is 0.875. The molecule has 0 unspecified atom stereocenters. The number of nitrogens with one attached hydrogen (secondary N) is 1. The molecule has 0 spiro atoms. The largest absolute Gasteiger partial charge is 0.497 e. The zero-order valence-electron chi connectivity index (χ0n) is 8.91. The molecule has 0 atom stereocenters. The average Bonchev–Trinajstić information content (AvgIpc) is 2.40. The highest BCUT2D eigenvalue weighted by atomic mass is 16.5. The average molecular weight is 206 g/mol. The fraction of sp³-hybridized carbons (Fsp3) is 0.364. The molecule has 2 rings (SSSR count). The number of fused-ring (bicyclic) bond motifs is 1. The molecule has 1 aliphatic heterocycles.